The molecule has 0 saturated carbocycles. The van der Waals surface area contributed by atoms with Gasteiger partial charge in [0.2, 0.25) is 5.91 Å². The topological polar surface area (TPSA) is 101 Å². The molecule has 0 bridgehead atoms. The Morgan fingerprint density at radius 1 is 0.894 bits per heavy atom. The van der Waals surface area contributed by atoms with E-state index in [1.807, 2.05) is 117 Å². The number of nitrogens with one attached hydrogen (secondary N) is 1. The molecule has 0 spiro atoms. The predicted octanol–water partition coefficient (Wildman–Crippen LogP) is 6.75. The summed E-state index contributed by atoms with van der Waals surface area (Å²) in [5, 5.41) is 14.4. The standard InChI is InChI=1S/C39H45N3O5/c1-28(30-11-7-5-8-12-30)23-35(43)41-21-19-39(46,20-22-41)27-42-26-34(33(24-36(42)44)31-13-9-6-10-14-31)32-17-15-29(16-18-32)25-40-37(45)47-38(2,3)4/h5-18,24,26,28,46H,19-23,25,27H2,1-4H3,(H,40,45). The van der Waals surface area contributed by atoms with Crippen molar-refractivity contribution in [1.29, 1.82) is 0 Å². The van der Waals surface area contributed by atoms with Crippen LogP contribution in [0.3, 0.4) is 0 Å². The highest BCUT2D eigenvalue weighted by atomic mass is 16.6. The van der Waals surface area contributed by atoms with Gasteiger partial charge in [0.05, 0.1) is 12.1 Å². The maximum Gasteiger partial charge on any atom is 0.407 e. The number of pyridine rings is 1. The quantitative estimate of drug-likeness (QED) is 0.212. The van der Waals surface area contributed by atoms with E-state index in [1.165, 1.54) is 0 Å². The van der Waals surface area contributed by atoms with Crippen LogP contribution in [0, 0.1) is 0 Å². The first kappa shape index (κ1) is 33.7. The van der Waals surface area contributed by atoms with E-state index in [-0.39, 0.29) is 23.9 Å². The molecule has 1 aliphatic rings. The number of nitrogens with zero attached hydrogens (tertiary/aromatic N) is 2. The second-order valence-electron chi connectivity index (χ2n) is 13.6. The molecule has 2 N–H and O–H groups in total. The molecule has 8 heteroatoms. The number of ether oxygens (including phenoxy) is 1. The molecule has 1 saturated heterocycles. The van der Waals surface area contributed by atoms with Crippen LogP contribution in [0.1, 0.15) is 64.0 Å². The van der Waals surface area contributed by atoms with Gasteiger partial charge in [0.1, 0.15) is 5.60 Å². The van der Waals surface area contributed by atoms with Gasteiger partial charge >= 0.3 is 6.09 Å². The summed E-state index contributed by atoms with van der Waals surface area (Å²) in [7, 11) is 0. The molecule has 1 aliphatic heterocycles. The number of rotatable bonds is 9. The summed E-state index contributed by atoms with van der Waals surface area (Å²) in [6, 6.07) is 29.2. The van der Waals surface area contributed by atoms with Crippen LogP contribution in [0.25, 0.3) is 22.3 Å². The fourth-order valence-corrected chi connectivity index (χ4v) is 6.01. The number of aromatic nitrogens is 1. The number of hydrogen-bond acceptors (Lipinski definition) is 5. The smallest absolute Gasteiger partial charge is 0.407 e. The maximum absolute atomic E-state index is 13.5. The van der Waals surface area contributed by atoms with Crippen molar-refractivity contribution in [3.63, 3.8) is 0 Å². The number of piperidine rings is 1. The summed E-state index contributed by atoms with van der Waals surface area (Å²) in [4.78, 5) is 40.5. The van der Waals surface area contributed by atoms with E-state index in [0.29, 0.717) is 38.9 Å². The van der Waals surface area contributed by atoms with Gasteiger partial charge in [-0.25, -0.2) is 4.79 Å². The van der Waals surface area contributed by atoms with Gasteiger partial charge < -0.3 is 24.6 Å². The van der Waals surface area contributed by atoms with Gasteiger partial charge in [-0.15, -0.1) is 0 Å². The zero-order valence-electron chi connectivity index (χ0n) is 27.7. The molecule has 2 amide bonds. The minimum Gasteiger partial charge on any atom is -0.444 e. The first-order valence-electron chi connectivity index (χ1n) is 16.3. The van der Waals surface area contributed by atoms with E-state index in [0.717, 1.165) is 33.4 Å². The third-order valence-electron chi connectivity index (χ3n) is 8.67. The Hall–Kier alpha value is -4.69. The number of alkyl carbamates (subject to hydrolysis) is 1. The summed E-state index contributed by atoms with van der Waals surface area (Å²) >= 11 is 0. The first-order valence-corrected chi connectivity index (χ1v) is 16.3. The number of likely N-dealkylation sites (tertiary alicyclic amines) is 1. The predicted molar refractivity (Wildman–Crippen MR) is 185 cm³/mol. The Bertz CT molecular complexity index is 1720. The number of aliphatic hydroxyl groups is 1. The molecular formula is C39H45N3O5. The van der Waals surface area contributed by atoms with Crippen molar-refractivity contribution < 1.29 is 19.4 Å². The Morgan fingerprint density at radius 3 is 2.11 bits per heavy atom. The lowest BCUT2D eigenvalue weighted by molar-refractivity contribution is -0.136. The van der Waals surface area contributed by atoms with Gasteiger partial charge in [0.25, 0.3) is 5.56 Å². The molecule has 8 nitrogen and oxygen atoms in total. The molecule has 2 heterocycles. The summed E-state index contributed by atoms with van der Waals surface area (Å²) in [5.41, 5.74) is 3.62. The van der Waals surface area contributed by atoms with Crippen LogP contribution in [-0.4, -0.2) is 50.9 Å². The fraction of sp³-hybridized carbons (Fsp3) is 0.359. The highest BCUT2D eigenvalue weighted by Crippen LogP contribution is 2.32. The van der Waals surface area contributed by atoms with Gasteiger partial charge in [-0.1, -0.05) is 91.9 Å². The second kappa shape index (κ2) is 14.4. The van der Waals surface area contributed by atoms with Crippen LogP contribution in [-0.2, 0) is 22.6 Å². The molecule has 1 atom stereocenters. The van der Waals surface area contributed by atoms with Crippen LogP contribution in [0.15, 0.2) is 102 Å². The minimum atomic E-state index is -1.12. The molecule has 1 aromatic heterocycles. The lowest BCUT2D eigenvalue weighted by Crippen LogP contribution is -2.49. The molecule has 3 aromatic carbocycles. The molecule has 5 rings (SSSR count). The Kier molecular flexibility index (Phi) is 10.3. The Morgan fingerprint density at radius 2 is 1.49 bits per heavy atom. The average molecular weight is 636 g/mol. The maximum atomic E-state index is 13.5. The number of benzene rings is 3. The van der Waals surface area contributed by atoms with Crippen molar-refractivity contribution in [2.24, 2.45) is 0 Å². The van der Waals surface area contributed by atoms with Crippen molar-refractivity contribution in [3.8, 4) is 22.3 Å². The van der Waals surface area contributed by atoms with Gasteiger partial charge in [0, 0.05) is 43.9 Å². The Labute approximate surface area is 277 Å². The summed E-state index contributed by atoms with van der Waals surface area (Å²) in [5.74, 6) is 0.194. The van der Waals surface area contributed by atoms with Crippen LogP contribution < -0.4 is 10.9 Å². The normalized spacial score (nSPS) is 15.1. The molecule has 0 radical (unpaired) electrons. The molecular weight excluding hydrogens is 590 g/mol. The highest BCUT2D eigenvalue weighted by Gasteiger charge is 2.35. The number of hydrogen-bond donors (Lipinski definition) is 2. The summed E-state index contributed by atoms with van der Waals surface area (Å²) in [6.07, 6.45) is 2.55. The van der Waals surface area contributed by atoms with Crippen molar-refractivity contribution in [3.05, 3.63) is 119 Å². The third kappa shape index (κ3) is 8.98. The first-order chi connectivity index (χ1) is 22.4. The van der Waals surface area contributed by atoms with E-state index < -0.39 is 17.3 Å². The van der Waals surface area contributed by atoms with Crippen molar-refractivity contribution in [2.45, 2.75) is 77.2 Å². The lowest BCUT2D eigenvalue weighted by atomic mass is 9.89. The summed E-state index contributed by atoms with van der Waals surface area (Å²) in [6.45, 7) is 8.86. The lowest BCUT2D eigenvalue weighted by Gasteiger charge is -2.39. The summed E-state index contributed by atoms with van der Waals surface area (Å²) < 4.78 is 6.93. The number of carbonyl (C=O) groups is 2. The van der Waals surface area contributed by atoms with E-state index in [1.54, 1.807) is 10.6 Å². The van der Waals surface area contributed by atoms with Gasteiger partial charge in [-0.05, 0) is 67.3 Å². The van der Waals surface area contributed by atoms with Crippen molar-refractivity contribution in [2.75, 3.05) is 13.1 Å². The van der Waals surface area contributed by atoms with E-state index in [9.17, 15) is 19.5 Å². The van der Waals surface area contributed by atoms with E-state index in [4.69, 9.17) is 4.74 Å². The highest BCUT2D eigenvalue weighted by molar-refractivity contribution is 5.83. The van der Waals surface area contributed by atoms with Gasteiger partial charge in [-0.2, -0.15) is 0 Å². The van der Waals surface area contributed by atoms with Gasteiger partial charge in [-0.3, -0.25) is 9.59 Å². The van der Waals surface area contributed by atoms with Crippen molar-refractivity contribution >= 4 is 12.0 Å². The van der Waals surface area contributed by atoms with Crippen LogP contribution in [0.2, 0.25) is 0 Å². The van der Waals surface area contributed by atoms with Crippen LogP contribution in [0.4, 0.5) is 4.79 Å². The van der Waals surface area contributed by atoms with E-state index >= 15 is 0 Å². The van der Waals surface area contributed by atoms with Crippen LogP contribution >= 0.6 is 0 Å². The molecule has 246 valence electrons. The van der Waals surface area contributed by atoms with Crippen LogP contribution in [0.5, 0.6) is 0 Å². The SMILES string of the molecule is CC(CC(=O)N1CCC(O)(Cn2cc(-c3ccc(CNC(=O)OC(C)(C)C)cc3)c(-c3ccccc3)cc2=O)CC1)c1ccccc1. The third-order valence-corrected chi connectivity index (χ3v) is 8.67. The average Bonchev–Trinajstić information content (AvgIpc) is 3.05. The molecule has 47 heavy (non-hydrogen) atoms. The van der Waals surface area contributed by atoms with Gasteiger partial charge in [0.15, 0.2) is 0 Å². The number of amides is 2. The minimum absolute atomic E-state index is 0.0832. The number of carbonyl (C=O) groups excluding carboxylic acids is 2. The van der Waals surface area contributed by atoms with Crippen molar-refractivity contribution in [1.82, 2.24) is 14.8 Å². The molecule has 1 unspecified atom stereocenters. The largest absolute Gasteiger partial charge is 0.444 e. The second-order valence-corrected chi connectivity index (χ2v) is 13.6. The van der Waals surface area contributed by atoms with E-state index in [2.05, 4.69) is 12.2 Å². The monoisotopic (exact) mass is 635 g/mol. The Balaban J connectivity index is 1.31. The molecule has 1 fully saturated rings. The zero-order valence-corrected chi connectivity index (χ0v) is 27.7. The molecule has 4 aromatic rings. The fourth-order valence-electron chi connectivity index (χ4n) is 6.01. The molecule has 0 aliphatic carbocycles. The zero-order chi connectivity index (χ0) is 33.6.